The highest BCUT2D eigenvalue weighted by atomic mass is 16.4. The average molecular weight is 329 g/mol. The third kappa shape index (κ3) is 4.04. The summed E-state index contributed by atoms with van der Waals surface area (Å²) in [7, 11) is 2.11. The van der Waals surface area contributed by atoms with E-state index >= 15 is 0 Å². The van der Waals surface area contributed by atoms with Crippen LogP contribution in [0, 0.1) is 6.92 Å². The number of aromatic nitrogens is 1. The molecule has 0 spiro atoms. The largest absolute Gasteiger partial charge is 0.445 e. The zero-order valence-corrected chi connectivity index (χ0v) is 14.8. The van der Waals surface area contributed by atoms with Gasteiger partial charge in [-0.2, -0.15) is 0 Å². The third-order valence-corrected chi connectivity index (χ3v) is 4.85. The van der Waals surface area contributed by atoms with E-state index in [9.17, 15) is 5.11 Å². The second-order valence-corrected chi connectivity index (χ2v) is 7.10. The molecule has 24 heavy (non-hydrogen) atoms. The molecule has 1 aliphatic rings. The Kier molecular flexibility index (Phi) is 5.04. The first-order chi connectivity index (χ1) is 11.4. The second kappa shape index (κ2) is 7.05. The van der Waals surface area contributed by atoms with Crippen molar-refractivity contribution in [2.75, 3.05) is 26.7 Å². The fraction of sp³-hybridized carbons (Fsp3) is 0.526. The molecular formula is C19H27N3O2. The maximum atomic E-state index is 10.8. The Morgan fingerprint density at radius 2 is 2.12 bits per heavy atom. The first kappa shape index (κ1) is 17.1. The van der Waals surface area contributed by atoms with E-state index in [1.54, 1.807) is 6.20 Å². The van der Waals surface area contributed by atoms with Gasteiger partial charge in [-0.15, -0.1) is 0 Å². The molecule has 1 fully saturated rings. The highest BCUT2D eigenvalue weighted by Gasteiger charge is 2.32. The number of likely N-dealkylation sites (N-methyl/N-ethyl adjacent to an activating group) is 1. The van der Waals surface area contributed by atoms with E-state index in [0.717, 1.165) is 43.3 Å². The van der Waals surface area contributed by atoms with Crippen LogP contribution in [0.4, 0.5) is 0 Å². The number of oxazole rings is 1. The number of rotatable bonds is 6. The van der Waals surface area contributed by atoms with Gasteiger partial charge in [-0.1, -0.05) is 30.3 Å². The number of nitrogens with zero attached hydrogens (tertiary/aromatic N) is 3. The summed E-state index contributed by atoms with van der Waals surface area (Å²) in [6.45, 7) is 7.15. The molecule has 1 saturated heterocycles. The van der Waals surface area contributed by atoms with Crippen LogP contribution in [0.5, 0.6) is 0 Å². The highest BCUT2D eigenvalue weighted by Crippen LogP contribution is 2.25. The minimum atomic E-state index is -0.825. The minimum absolute atomic E-state index is 0.462. The molecule has 1 aromatic heterocycles. The van der Waals surface area contributed by atoms with Gasteiger partial charge in [0.05, 0.1) is 18.3 Å². The van der Waals surface area contributed by atoms with Crippen molar-refractivity contribution in [3.05, 3.63) is 53.7 Å². The Bertz CT molecular complexity index is 654. The van der Waals surface area contributed by atoms with Crippen LogP contribution in [0.25, 0.3) is 0 Å². The molecule has 0 aliphatic carbocycles. The van der Waals surface area contributed by atoms with Crippen LogP contribution in [-0.2, 0) is 12.1 Å². The monoisotopic (exact) mass is 329 g/mol. The smallest absolute Gasteiger partial charge is 0.208 e. The molecular weight excluding hydrogens is 302 g/mol. The van der Waals surface area contributed by atoms with Gasteiger partial charge in [-0.25, -0.2) is 4.98 Å². The van der Waals surface area contributed by atoms with E-state index in [1.165, 1.54) is 0 Å². The molecule has 3 rings (SSSR count). The van der Waals surface area contributed by atoms with Crippen LogP contribution in [0.2, 0.25) is 0 Å². The SMILES string of the molecule is Cc1cnc(CN(C)[C@H]2CCN(C[C@@](C)(O)c3ccccc3)C2)o1. The highest BCUT2D eigenvalue weighted by molar-refractivity contribution is 5.21. The summed E-state index contributed by atoms with van der Waals surface area (Å²) in [5.74, 6) is 1.62. The average Bonchev–Trinajstić information content (AvgIpc) is 3.17. The van der Waals surface area contributed by atoms with E-state index in [1.807, 2.05) is 44.2 Å². The first-order valence-corrected chi connectivity index (χ1v) is 8.56. The van der Waals surface area contributed by atoms with Crippen LogP contribution in [0.1, 0.15) is 30.6 Å². The zero-order chi connectivity index (χ0) is 17.2. The summed E-state index contributed by atoms with van der Waals surface area (Å²) in [6.07, 6.45) is 2.86. The molecule has 0 saturated carbocycles. The van der Waals surface area contributed by atoms with Gasteiger partial charge in [-0.3, -0.25) is 9.80 Å². The summed E-state index contributed by atoms with van der Waals surface area (Å²) in [6, 6.07) is 10.4. The van der Waals surface area contributed by atoms with Gasteiger partial charge >= 0.3 is 0 Å². The van der Waals surface area contributed by atoms with Crippen molar-refractivity contribution < 1.29 is 9.52 Å². The van der Waals surface area contributed by atoms with E-state index in [0.29, 0.717) is 12.6 Å². The van der Waals surface area contributed by atoms with Gasteiger partial charge in [0.15, 0.2) is 0 Å². The third-order valence-electron chi connectivity index (χ3n) is 4.85. The van der Waals surface area contributed by atoms with Gasteiger partial charge in [-0.05, 0) is 39.4 Å². The molecule has 5 heteroatoms. The van der Waals surface area contributed by atoms with E-state index in [-0.39, 0.29) is 0 Å². The number of hydrogen-bond donors (Lipinski definition) is 1. The van der Waals surface area contributed by atoms with Gasteiger partial charge < -0.3 is 9.52 Å². The fourth-order valence-corrected chi connectivity index (χ4v) is 3.46. The lowest BCUT2D eigenvalue weighted by atomic mass is 9.95. The Hall–Kier alpha value is -1.69. The number of hydrogen-bond acceptors (Lipinski definition) is 5. The van der Waals surface area contributed by atoms with Crippen LogP contribution in [0.3, 0.4) is 0 Å². The number of aryl methyl sites for hydroxylation is 1. The molecule has 5 nitrogen and oxygen atoms in total. The fourth-order valence-electron chi connectivity index (χ4n) is 3.46. The summed E-state index contributed by atoms with van der Waals surface area (Å²) in [4.78, 5) is 8.92. The van der Waals surface area contributed by atoms with Crippen LogP contribution in [0.15, 0.2) is 40.9 Å². The Balaban J connectivity index is 1.55. The maximum absolute atomic E-state index is 10.8. The lowest BCUT2D eigenvalue weighted by Gasteiger charge is -2.30. The Morgan fingerprint density at radius 3 is 2.79 bits per heavy atom. The predicted octanol–water partition coefficient (Wildman–Crippen LogP) is 2.40. The minimum Gasteiger partial charge on any atom is -0.445 e. The molecule has 1 aromatic carbocycles. The Morgan fingerprint density at radius 1 is 1.38 bits per heavy atom. The quantitative estimate of drug-likeness (QED) is 0.882. The van der Waals surface area contributed by atoms with Crippen molar-refractivity contribution in [3.8, 4) is 0 Å². The second-order valence-electron chi connectivity index (χ2n) is 7.10. The van der Waals surface area contributed by atoms with E-state index < -0.39 is 5.60 Å². The zero-order valence-electron chi connectivity index (χ0n) is 14.8. The number of likely N-dealkylation sites (tertiary alicyclic amines) is 1. The van der Waals surface area contributed by atoms with Crippen molar-refractivity contribution in [3.63, 3.8) is 0 Å². The summed E-state index contributed by atoms with van der Waals surface area (Å²) >= 11 is 0. The van der Waals surface area contributed by atoms with Crippen molar-refractivity contribution in [2.45, 2.75) is 38.5 Å². The molecule has 130 valence electrons. The molecule has 0 radical (unpaired) electrons. The number of benzene rings is 1. The van der Waals surface area contributed by atoms with Gasteiger partial charge in [0.2, 0.25) is 5.89 Å². The molecule has 0 amide bonds. The lowest BCUT2D eigenvalue weighted by molar-refractivity contribution is 0.0207. The van der Waals surface area contributed by atoms with Crippen molar-refractivity contribution in [1.29, 1.82) is 0 Å². The summed E-state index contributed by atoms with van der Waals surface area (Å²) < 4.78 is 5.57. The molecule has 2 atom stereocenters. The summed E-state index contributed by atoms with van der Waals surface area (Å²) in [5.41, 5.74) is 0.145. The molecule has 2 aromatic rings. The number of β-amino-alcohol motifs (C(OH)–C–C–N with tert-alkyl or cyclic N) is 1. The number of aliphatic hydroxyl groups is 1. The van der Waals surface area contributed by atoms with Crippen LogP contribution < -0.4 is 0 Å². The standard InChI is InChI=1S/C19H27N3O2/c1-15-11-20-18(24-15)13-21(3)17-9-10-22(12-17)14-19(2,23)16-7-5-4-6-8-16/h4-8,11,17,23H,9-10,12-14H2,1-3H3/t17-,19+/m0/s1. The maximum Gasteiger partial charge on any atom is 0.208 e. The Labute approximate surface area is 143 Å². The van der Waals surface area contributed by atoms with Gasteiger partial charge in [0.25, 0.3) is 0 Å². The lowest BCUT2D eigenvalue weighted by Crippen LogP contribution is -2.40. The van der Waals surface area contributed by atoms with Crippen molar-refractivity contribution >= 4 is 0 Å². The molecule has 2 heterocycles. The first-order valence-electron chi connectivity index (χ1n) is 8.56. The molecule has 0 unspecified atom stereocenters. The summed E-state index contributed by atoms with van der Waals surface area (Å²) in [5, 5.41) is 10.8. The molecule has 0 bridgehead atoms. The van der Waals surface area contributed by atoms with Gasteiger partial charge in [0, 0.05) is 19.1 Å². The molecule has 1 aliphatic heterocycles. The van der Waals surface area contributed by atoms with Gasteiger partial charge in [0.1, 0.15) is 5.76 Å². The van der Waals surface area contributed by atoms with Crippen LogP contribution >= 0.6 is 0 Å². The van der Waals surface area contributed by atoms with Crippen molar-refractivity contribution in [2.24, 2.45) is 0 Å². The predicted molar refractivity (Wildman–Crippen MR) is 93.6 cm³/mol. The van der Waals surface area contributed by atoms with Crippen molar-refractivity contribution in [1.82, 2.24) is 14.8 Å². The van der Waals surface area contributed by atoms with Crippen LogP contribution in [-0.4, -0.2) is 52.6 Å². The van der Waals surface area contributed by atoms with E-state index in [4.69, 9.17) is 4.42 Å². The molecule has 1 N–H and O–H groups in total. The van der Waals surface area contributed by atoms with E-state index in [2.05, 4.69) is 21.8 Å². The topological polar surface area (TPSA) is 52.7 Å². The normalized spacial score (nSPS) is 21.3.